The van der Waals surface area contributed by atoms with Gasteiger partial charge < -0.3 is 15.4 Å². The van der Waals surface area contributed by atoms with Gasteiger partial charge in [-0.05, 0) is 57.6 Å². The third-order valence-electron chi connectivity index (χ3n) is 2.74. The minimum atomic E-state index is -0.287. The molecule has 0 heterocycles. The van der Waals surface area contributed by atoms with Crippen LogP contribution in [0.5, 0.6) is 5.75 Å². The average molecular weight is 254 g/mol. The first-order valence-electron chi connectivity index (χ1n) is 6.47. The van der Waals surface area contributed by atoms with Crippen LogP contribution in [0.3, 0.4) is 0 Å². The highest BCUT2D eigenvalue weighted by atomic mass is 19.1. The summed E-state index contributed by atoms with van der Waals surface area (Å²) in [5.41, 5.74) is 6.41. The van der Waals surface area contributed by atoms with Crippen molar-refractivity contribution in [3.8, 4) is 5.75 Å². The van der Waals surface area contributed by atoms with Crippen molar-refractivity contribution in [3.05, 3.63) is 29.6 Å². The van der Waals surface area contributed by atoms with Gasteiger partial charge in [0.25, 0.3) is 0 Å². The summed E-state index contributed by atoms with van der Waals surface area (Å²) in [6, 6.07) is 5.15. The number of ether oxygens (including phenoxy) is 1. The molecule has 0 aliphatic rings. The Morgan fingerprint density at radius 1 is 1.33 bits per heavy atom. The summed E-state index contributed by atoms with van der Waals surface area (Å²) in [7, 11) is 2.03. The quantitative estimate of drug-likeness (QED) is 0.724. The standard InChI is InChI=1S/C14H23FN2O/c1-3-18-14-7-6-12(10-13(14)15)11-17(2)9-5-4-8-16/h6-7,10H,3-5,8-9,11,16H2,1-2H3. The highest BCUT2D eigenvalue weighted by Crippen LogP contribution is 2.19. The predicted octanol–water partition coefficient (Wildman–Crippen LogP) is 2.40. The van der Waals surface area contributed by atoms with Crippen molar-refractivity contribution in [1.29, 1.82) is 0 Å². The van der Waals surface area contributed by atoms with Crippen LogP contribution in [0.4, 0.5) is 4.39 Å². The largest absolute Gasteiger partial charge is 0.491 e. The molecule has 4 heteroatoms. The SMILES string of the molecule is CCOc1ccc(CN(C)CCCCN)cc1F. The van der Waals surface area contributed by atoms with Crippen molar-refractivity contribution >= 4 is 0 Å². The van der Waals surface area contributed by atoms with Gasteiger partial charge in [0.15, 0.2) is 11.6 Å². The molecule has 0 bridgehead atoms. The third kappa shape index (κ3) is 5.02. The molecule has 1 aromatic rings. The summed E-state index contributed by atoms with van der Waals surface area (Å²) < 4.78 is 18.8. The molecule has 0 unspecified atom stereocenters. The molecule has 1 aromatic carbocycles. The van der Waals surface area contributed by atoms with E-state index < -0.39 is 0 Å². The number of nitrogens with zero attached hydrogens (tertiary/aromatic N) is 1. The lowest BCUT2D eigenvalue weighted by Gasteiger charge is -2.16. The Kier molecular flexibility index (Phi) is 6.68. The van der Waals surface area contributed by atoms with Crippen LogP contribution in [0.2, 0.25) is 0 Å². The van der Waals surface area contributed by atoms with Gasteiger partial charge in [-0.25, -0.2) is 4.39 Å². The van der Waals surface area contributed by atoms with Gasteiger partial charge in [-0.2, -0.15) is 0 Å². The molecule has 102 valence electrons. The second kappa shape index (κ2) is 8.06. The lowest BCUT2D eigenvalue weighted by Crippen LogP contribution is -2.20. The number of benzene rings is 1. The van der Waals surface area contributed by atoms with E-state index >= 15 is 0 Å². The lowest BCUT2D eigenvalue weighted by molar-refractivity contribution is 0.312. The Morgan fingerprint density at radius 2 is 2.11 bits per heavy atom. The van der Waals surface area contributed by atoms with Gasteiger partial charge in [0.05, 0.1) is 6.61 Å². The van der Waals surface area contributed by atoms with Gasteiger partial charge in [0, 0.05) is 6.54 Å². The highest BCUT2D eigenvalue weighted by Gasteiger charge is 2.06. The number of nitrogens with two attached hydrogens (primary N) is 1. The molecule has 0 aliphatic heterocycles. The fourth-order valence-electron chi connectivity index (χ4n) is 1.83. The van der Waals surface area contributed by atoms with E-state index in [1.54, 1.807) is 12.1 Å². The summed E-state index contributed by atoms with van der Waals surface area (Å²) >= 11 is 0. The van der Waals surface area contributed by atoms with E-state index in [1.165, 1.54) is 0 Å². The highest BCUT2D eigenvalue weighted by molar-refractivity contribution is 5.29. The lowest BCUT2D eigenvalue weighted by atomic mass is 10.2. The summed E-state index contributed by atoms with van der Waals surface area (Å²) in [6.07, 6.45) is 2.11. The first-order chi connectivity index (χ1) is 8.67. The fourth-order valence-corrected chi connectivity index (χ4v) is 1.83. The molecule has 0 fully saturated rings. The second-order valence-electron chi connectivity index (χ2n) is 4.43. The fraction of sp³-hybridized carbons (Fsp3) is 0.571. The Labute approximate surface area is 109 Å². The van der Waals surface area contributed by atoms with Gasteiger partial charge in [-0.15, -0.1) is 0 Å². The van der Waals surface area contributed by atoms with E-state index in [9.17, 15) is 4.39 Å². The van der Waals surface area contributed by atoms with E-state index in [4.69, 9.17) is 10.5 Å². The number of halogens is 1. The maximum atomic E-state index is 13.6. The predicted molar refractivity (Wildman–Crippen MR) is 72.2 cm³/mol. The molecule has 0 aliphatic carbocycles. The maximum Gasteiger partial charge on any atom is 0.165 e. The van der Waals surface area contributed by atoms with Crippen molar-refractivity contribution in [2.75, 3.05) is 26.7 Å². The second-order valence-corrected chi connectivity index (χ2v) is 4.43. The zero-order valence-corrected chi connectivity index (χ0v) is 11.3. The van der Waals surface area contributed by atoms with Crippen LogP contribution >= 0.6 is 0 Å². The summed E-state index contributed by atoms with van der Waals surface area (Å²) in [6.45, 7) is 4.78. The van der Waals surface area contributed by atoms with Crippen LogP contribution < -0.4 is 10.5 Å². The average Bonchev–Trinajstić information content (AvgIpc) is 2.33. The molecule has 18 heavy (non-hydrogen) atoms. The maximum absolute atomic E-state index is 13.6. The molecule has 0 saturated heterocycles. The Morgan fingerprint density at radius 3 is 2.72 bits per heavy atom. The van der Waals surface area contributed by atoms with Crippen molar-refractivity contribution in [2.45, 2.75) is 26.3 Å². The molecule has 0 radical (unpaired) electrons. The first kappa shape index (κ1) is 14.9. The summed E-state index contributed by atoms with van der Waals surface area (Å²) in [5.74, 6) is 0.0387. The minimum Gasteiger partial charge on any atom is -0.491 e. The van der Waals surface area contributed by atoms with Crippen LogP contribution in [0.15, 0.2) is 18.2 Å². The molecular formula is C14H23FN2O. The van der Waals surface area contributed by atoms with Crippen LogP contribution in [-0.2, 0) is 6.54 Å². The molecule has 0 amide bonds. The van der Waals surface area contributed by atoms with Gasteiger partial charge in [0.1, 0.15) is 0 Å². The van der Waals surface area contributed by atoms with Crippen LogP contribution in [-0.4, -0.2) is 31.6 Å². The molecule has 0 saturated carbocycles. The number of hydrogen-bond acceptors (Lipinski definition) is 3. The van der Waals surface area contributed by atoms with Crippen LogP contribution in [0.25, 0.3) is 0 Å². The van der Waals surface area contributed by atoms with Crippen LogP contribution in [0, 0.1) is 5.82 Å². The monoisotopic (exact) mass is 254 g/mol. The summed E-state index contributed by atoms with van der Waals surface area (Å²) in [4.78, 5) is 2.17. The van der Waals surface area contributed by atoms with Crippen molar-refractivity contribution < 1.29 is 9.13 Å². The number of rotatable bonds is 8. The Bertz CT molecular complexity index is 358. The number of hydrogen-bond donors (Lipinski definition) is 1. The molecule has 0 atom stereocenters. The normalized spacial score (nSPS) is 10.9. The Balaban J connectivity index is 2.49. The van der Waals surface area contributed by atoms with E-state index in [2.05, 4.69) is 4.90 Å². The minimum absolute atomic E-state index is 0.287. The van der Waals surface area contributed by atoms with Crippen molar-refractivity contribution in [1.82, 2.24) is 4.90 Å². The van der Waals surface area contributed by atoms with Crippen molar-refractivity contribution in [3.63, 3.8) is 0 Å². The molecule has 1 rings (SSSR count). The number of unbranched alkanes of at least 4 members (excludes halogenated alkanes) is 1. The zero-order chi connectivity index (χ0) is 13.4. The molecule has 3 nitrogen and oxygen atoms in total. The molecular weight excluding hydrogens is 231 g/mol. The van der Waals surface area contributed by atoms with Gasteiger partial charge in [-0.3, -0.25) is 0 Å². The van der Waals surface area contributed by atoms with E-state index in [1.807, 2.05) is 20.0 Å². The third-order valence-corrected chi connectivity index (χ3v) is 2.74. The first-order valence-corrected chi connectivity index (χ1v) is 6.47. The van der Waals surface area contributed by atoms with Crippen LogP contribution in [0.1, 0.15) is 25.3 Å². The molecule has 0 spiro atoms. The van der Waals surface area contributed by atoms with Gasteiger partial charge in [-0.1, -0.05) is 6.07 Å². The van der Waals surface area contributed by atoms with Gasteiger partial charge >= 0.3 is 0 Å². The molecule has 0 aromatic heterocycles. The van der Waals surface area contributed by atoms with E-state index in [-0.39, 0.29) is 5.82 Å². The topological polar surface area (TPSA) is 38.5 Å². The van der Waals surface area contributed by atoms with Crippen molar-refractivity contribution in [2.24, 2.45) is 5.73 Å². The zero-order valence-electron chi connectivity index (χ0n) is 11.3. The van der Waals surface area contributed by atoms with Gasteiger partial charge in [0.2, 0.25) is 0 Å². The Hall–Kier alpha value is -1.13. The summed E-state index contributed by atoms with van der Waals surface area (Å²) in [5, 5.41) is 0. The molecule has 2 N–H and O–H groups in total. The van der Waals surface area contributed by atoms with E-state index in [0.29, 0.717) is 12.4 Å². The van der Waals surface area contributed by atoms with E-state index in [0.717, 1.165) is 38.0 Å². The smallest absolute Gasteiger partial charge is 0.165 e.